The van der Waals surface area contributed by atoms with Crippen molar-refractivity contribution in [1.82, 2.24) is 10.3 Å². The second kappa shape index (κ2) is 9.22. The number of hydrogen-bond donors (Lipinski definition) is 1. The Hall–Kier alpha value is -3.99. The Bertz CT molecular complexity index is 1210. The number of aromatic nitrogens is 1. The molecule has 4 rings (SSSR count). The molecule has 0 unspecified atom stereocenters. The molecule has 0 saturated carbocycles. The Labute approximate surface area is 180 Å². The minimum atomic E-state index is -0.557. The lowest BCUT2D eigenvalue weighted by Crippen LogP contribution is -2.31. The summed E-state index contributed by atoms with van der Waals surface area (Å²) in [7, 11) is 0. The summed E-state index contributed by atoms with van der Waals surface area (Å²) in [5.41, 5.74) is 3.63. The van der Waals surface area contributed by atoms with Gasteiger partial charge in [0.1, 0.15) is 0 Å². The van der Waals surface area contributed by atoms with Gasteiger partial charge in [0.25, 0.3) is 5.91 Å². The molecular formula is C26H22N2O3. The number of para-hydroxylation sites is 1. The number of benzene rings is 3. The summed E-state index contributed by atoms with van der Waals surface area (Å²) in [5, 5.41) is 3.53. The second-order valence-electron chi connectivity index (χ2n) is 7.21. The van der Waals surface area contributed by atoms with Gasteiger partial charge >= 0.3 is 5.97 Å². The molecule has 0 aliphatic rings. The first kappa shape index (κ1) is 20.3. The number of esters is 1. The second-order valence-corrected chi connectivity index (χ2v) is 7.21. The van der Waals surface area contributed by atoms with E-state index in [1.807, 2.05) is 91.9 Å². The number of nitrogens with zero attached hydrogens (tertiary/aromatic N) is 1. The largest absolute Gasteiger partial charge is 0.452 e. The Morgan fingerprint density at radius 2 is 1.55 bits per heavy atom. The standard InChI is InChI=1S/C26H22N2O3/c1-18(19-10-4-2-5-11-19)27-25(29)17-31-26(30)22-16-24(20-12-6-3-7-13-20)28-23-15-9-8-14-21(22)23/h2-16,18H,17H2,1H3,(H,27,29)/t18-/m0/s1. The first-order valence-corrected chi connectivity index (χ1v) is 10.1. The molecule has 0 fully saturated rings. The average Bonchev–Trinajstić information content (AvgIpc) is 2.83. The highest BCUT2D eigenvalue weighted by Crippen LogP contribution is 2.25. The third kappa shape index (κ3) is 4.78. The van der Waals surface area contributed by atoms with Gasteiger partial charge in [-0.25, -0.2) is 9.78 Å². The summed E-state index contributed by atoms with van der Waals surface area (Å²) in [6.45, 7) is 1.53. The predicted octanol–water partition coefficient (Wildman–Crippen LogP) is 4.94. The topological polar surface area (TPSA) is 68.3 Å². The van der Waals surface area contributed by atoms with Gasteiger partial charge in [0.05, 0.1) is 22.8 Å². The van der Waals surface area contributed by atoms with E-state index in [2.05, 4.69) is 10.3 Å². The maximum absolute atomic E-state index is 12.9. The Kier molecular flexibility index (Phi) is 6.03. The number of carbonyl (C=O) groups excluding carboxylic acids is 2. The molecule has 3 aromatic carbocycles. The molecule has 1 amide bonds. The van der Waals surface area contributed by atoms with Crippen LogP contribution in [0.3, 0.4) is 0 Å². The van der Waals surface area contributed by atoms with Crippen LogP contribution in [0, 0.1) is 0 Å². The highest BCUT2D eigenvalue weighted by molar-refractivity contribution is 6.05. The summed E-state index contributed by atoms with van der Waals surface area (Å²) in [6.07, 6.45) is 0. The minimum absolute atomic E-state index is 0.182. The number of ether oxygens (including phenoxy) is 1. The first-order chi connectivity index (χ1) is 15.1. The number of pyridine rings is 1. The summed E-state index contributed by atoms with van der Waals surface area (Å²) >= 11 is 0. The van der Waals surface area contributed by atoms with E-state index in [-0.39, 0.29) is 18.6 Å². The van der Waals surface area contributed by atoms with Crippen molar-refractivity contribution < 1.29 is 14.3 Å². The van der Waals surface area contributed by atoms with E-state index in [4.69, 9.17) is 4.74 Å². The van der Waals surface area contributed by atoms with E-state index < -0.39 is 5.97 Å². The fraction of sp³-hybridized carbons (Fsp3) is 0.115. The molecule has 0 bridgehead atoms. The molecular weight excluding hydrogens is 388 g/mol. The van der Waals surface area contributed by atoms with Gasteiger partial charge in [-0.1, -0.05) is 78.9 Å². The highest BCUT2D eigenvalue weighted by atomic mass is 16.5. The molecule has 0 aliphatic carbocycles. The van der Waals surface area contributed by atoms with Crippen molar-refractivity contribution in [2.45, 2.75) is 13.0 Å². The van der Waals surface area contributed by atoms with Crippen LogP contribution in [0.2, 0.25) is 0 Å². The van der Waals surface area contributed by atoms with Crippen LogP contribution in [-0.4, -0.2) is 23.5 Å². The van der Waals surface area contributed by atoms with E-state index in [1.54, 1.807) is 6.07 Å². The normalized spacial score (nSPS) is 11.6. The lowest BCUT2D eigenvalue weighted by Gasteiger charge is -2.14. The van der Waals surface area contributed by atoms with Crippen LogP contribution in [0.1, 0.15) is 28.9 Å². The molecule has 1 N–H and O–H groups in total. The number of amides is 1. The van der Waals surface area contributed by atoms with Crippen LogP contribution < -0.4 is 5.32 Å². The van der Waals surface area contributed by atoms with Gasteiger partial charge in [-0.05, 0) is 24.6 Å². The number of carbonyl (C=O) groups is 2. The van der Waals surface area contributed by atoms with E-state index in [0.29, 0.717) is 22.2 Å². The summed E-state index contributed by atoms with van der Waals surface area (Å²) in [5.74, 6) is -0.912. The molecule has 0 spiro atoms. The lowest BCUT2D eigenvalue weighted by atomic mass is 10.0. The fourth-order valence-electron chi connectivity index (χ4n) is 3.42. The van der Waals surface area contributed by atoms with Crippen molar-refractivity contribution in [1.29, 1.82) is 0 Å². The van der Waals surface area contributed by atoms with Crippen LogP contribution in [0.4, 0.5) is 0 Å². The monoisotopic (exact) mass is 410 g/mol. The van der Waals surface area contributed by atoms with Gasteiger partial charge in [-0.2, -0.15) is 0 Å². The van der Waals surface area contributed by atoms with Crippen LogP contribution in [0.5, 0.6) is 0 Å². The van der Waals surface area contributed by atoms with E-state index in [0.717, 1.165) is 11.1 Å². The zero-order valence-corrected chi connectivity index (χ0v) is 17.1. The number of rotatable bonds is 6. The Balaban J connectivity index is 1.51. The summed E-state index contributed by atoms with van der Waals surface area (Å²) < 4.78 is 5.35. The van der Waals surface area contributed by atoms with Crippen molar-refractivity contribution in [2.75, 3.05) is 6.61 Å². The van der Waals surface area contributed by atoms with Crippen LogP contribution >= 0.6 is 0 Å². The number of hydrogen-bond acceptors (Lipinski definition) is 4. The molecule has 31 heavy (non-hydrogen) atoms. The van der Waals surface area contributed by atoms with Crippen LogP contribution in [0.25, 0.3) is 22.2 Å². The summed E-state index contributed by atoms with van der Waals surface area (Å²) in [6, 6.07) is 28.2. The molecule has 1 heterocycles. The fourth-order valence-corrected chi connectivity index (χ4v) is 3.42. The van der Waals surface area contributed by atoms with Crippen molar-refractivity contribution in [3.05, 3.63) is 102 Å². The van der Waals surface area contributed by atoms with Crippen molar-refractivity contribution in [3.63, 3.8) is 0 Å². The zero-order valence-electron chi connectivity index (χ0n) is 17.1. The average molecular weight is 410 g/mol. The quantitative estimate of drug-likeness (QED) is 0.457. The molecule has 5 nitrogen and oxygen atoms in total. The van der Waals surface area contributed by atoms with E-state index >= 15 is 0 Å². The smallest absolute Gasteiger partial charge is 0.339 e. The first-order valence-electron chi connectivity index (χ1n) is 10.1. The maximum Gasteiger partial charge on any atom is 0.339 e. The van der Waals surface area contributed by atoms with Crippen LogP contribution in [-0.2, 0) is 9.53 Å². The van der Waals surface area contributed by atoms with Gasteiger partial charge < -0.3 is 10.1 Å². The molecule has 5 heteroatoms. The Morgan fingerprint density at radius 1 is 0.903 bits per heavy atom. The van der Waals surface area contributed by atoms with Gasteiger partial charge in [0, 0.05) is 10.9 Å². The molecule has 0 aliphatic heterocycles. The van der Waals surface area contributed by atoms with Gasteiger partial charge in [0.2, 0.25) is 0 Å². The third-order valence-corrected chi connectivity index (χ3v) is 5.02. The van der Waals surface area contributed by atoms with E-state index in [9.17, 15) is 9.59 Å². The number of fused-ring (bicyclic) bond motifs is 1. The molecule has 1 atom stereocenters. The third-order valence-electron chi connectivity index (χ3n) is 5.02. The van der Waals surface area contributed by atoms with E-state index in [1.165, 1.54) is 0 Å². The molecule has 1 aromatic heterocycles. The lowest BCUT2D eigenvalue weighted by molar-refractivity contribution is -0.124. The van der Waals surface area contributed by atoms with Crippen molar-refractivity contribution >= 4 is 22.8 Å². The number of nitrogens with one attached hydrogen (secondary N) is 1. The molecule has 154 valence electrons. The van der Waals surface area contributed by atoms with Crippen molar-refractivity contribution in [3.8, 4) is 11.3 Å². The molecule has 0 radical (unpaired) electrons. The van der Waals surface area contributed by atoms with Gasteiger partial charge in [-0.3, -0.25) is 4.79 Å². The summed E-state index contributed by atoms with van der Waals surface area (Å²) in [4.78, 5) is 29.9. The van der Waals surface area contributed by atoms with Crippen molar-refractivity contribution in [2.24, 2.45) is 0 Å². The SMILES string of the molecule is C[C@H](NC(=O)COC(=O)c1cc(-c2ccccc2)nc2ccccc12)c1ccccc1. The highest BCUT2D eigenvalue weighted by Gasteiger charge is 2.17. The zero-order chi connectivity index (χ0) is 21.6. The van der Waals surface area contributed by atoms with Crippen LogP contribution in [0.15, 0.2) is 91.0 Å². The molecule has 4 aromatic rings. The predicted molar refractivity (Wildman–Crippen MR) is 120 cm³/mol. The minimum Gasteiger partial charge on any atom is -0.452 e. The van der Waals surface area contributed by atoms with Gasteiger partial charge in [-0.15, -0.1) is 0 Å². The molecule has 0 saturated heterocycles. The Morgan fingerprint density at radius 3 is 2.29 bits per heavy atom. The maximum atomic E-state index is 12.9. The van der Waals surface area contributed by atoms with Gasteiger partial charge in [0.15, 0.2) is 6.61 Å².